The maximum Gasteiger partial charge on any atom is 0.333 e. The zero-order valence-electron chi connectivity index (χ0n) is 21.9. The molecule has 4 nitrogen and oxygen atoms in total. The Labute approximate surface area is 222 Å². The molecule has 0 spiro atoms. The van der Waals surface area contributed by atoms with Crippen LogP contribution in [0.25, 0.3) is 0 Å². The second kappa shape index (κ2) is 14.1. The van der Waals surface area contributed by atoms with Crippen molar-refractivity contribution in [1.29, 1.82) is 0 Å². The van der Waals surface area contributed by atoms with Crippen LogP contribution in [-0.2, 0) is 16.9 Å². The van der Waals surface area contributed by atoms with Crippen molar-refractivity contribution in [2.24, 2.45) is 0 Å². The monoisotopic (exact) mass is 498 g/mol. The smallest absolute Gasteiger partial charge is 0.333 e. The Kier molecular flexibility index (Phi) is 10.3. The number of hydrogen-bond acceptors (Lipinski definition) is 3. The fraction of sp³-hybridized carbons (Fsp3) is 0.424. The quantitative estimate of drug-likeness (QED) is 0.311. The van der Waals surface area contributed by atoms with E-state index >= 15 is 0 Å². The Balaban J connectivity index is 0.000000207. The summed E-state index contributed by atoms with van der Waals surface area (Å²) in [6, 6.07) is 30.2. The molecular weight excluding hydrogens is 456 g/mol. The van der Waals surface area contributed by atoms with Crippen LogP contribution in [0.1, 0.15) is 80.9 Å². The van der Waals surface area contributed by atoms with Crippen LogP contribution in [0.5, 0.6) is 0 Å². The summed E-state index contributed by atoms with van der Waals surface area (Å²) in [6.45, 7) is 0.455. The molecule has 4 heteroatoms. The Bertz CT molecular complexity index is 988. The number of aliphatic carboxylic acids is 1. The second-order valence-electron chi connectivity index (χ2n) is 10.5. The third kappa shape index (κ3) is 7.53. The first-order chi connectivity index (χ1) is 18.2. The third-order valence-electron chi connectivity index (χ3n) is 7.82. The van der Waals surface area contributed by atoms with Crippen LogP contribution >= 0.6 is 0 Å². The van der Waals surface area contributed by atoms with Crippen molar-refractivity contribution in [3.63, 3.8) is 0 Å². The van der Waals surface area contributed by atoms with Gasteiger partial charge in [0.25, 0.3) is 0 Å². The van der Waals surface area contributed by atoms with E-state index in [-0.39, 0.29) is 0 Å². The minimum Gasteiger partial charge on any atom is -0.479 e. The summed E-state index contributed by atoms with van der Waals surface area (Å²) in [5, 5.41) is 17.3. The van der Waals surface area contributed by atoms with Crippen LogP contribution in [0.15, 0.2) is 91.0 Å². The summed E-state index contributed by atoms with van der Waals surface area (Å²) in [6.07, 6.45) is 14.6. The number of carbonyl (C=O) groups is 1. The van der Waals surface area contributed by atoms with E-state index in [1.165, 1.54) is 64.2 Å². The number of rotatable bonds is 8. The van der Waals surface area contributed by atoms with Gasteiger partial charge in [0.1, 0.15) is 0 Å². The van der Waals surface area contributed by atoms with Crippen molar-refractivity contribution in [3.05, 3.63) is 108 Å². The lowest BCUT2D eigenvalue weighted by Crippen LogP contribution is -2.49. The molecule has 0 bridgehead atoms. The predicted molar refractivity (Wildman–Crippen MR) is 151 cm³/mol. The Morgan fingerprint density at radius 1 is 0.649 bits per heavy atom. The zero-order valence-corrected chi connectivity index (χ0v) is 21.9. The molecule has 37 heavy (non-hydrogen) atoms. The fourth-order valence-corrected chi connectivity index (χ4v) is 5.77. The minimum absolute atomic E-state index is 0.455. The third-order valence-corrected chi connectivity index (χ3v) is 7.82. The molecule has 2 fully saturated rings. The molecule has 5 rings (SSSR count). The van der Waals surface area contributed by atoms with E-state index in [1.54, 1.807) is 0 Å². The molecule has 0 aromatic heterocycles. The molecule has 0 atom stereocenters. The lowest BCUT2D eigenvalue weighted by atomic mass is 9.82. The Hall–Kier alpha value is -2.95. The summed E-state index contributed by atoms with van der Waals surface area (Å²) in [7, 11) is 0. The molecule has 0 saturated heterocycles. The van der Waals surface area contributed by atoms with E-state index in [2.05, 4.69) is 10.6 Å². The lowest BCUT2D eigenvalue weighted by Gasteiger charge is -2.32. The van der Waals surface area contributed by atoms with Crippen LogP contribution in [-0.4, -0.2) is 23.2 Å². The Morgan fingerprint density at radius 2 is 1.05 bits per heavy atom. The first-order valence-electron chi connectivity index (χ1n) is 14.1. The second-order valence-corrected chi connectivity index (χ2v) is 10.5. The maximum absolute atomic E-state index is 12.4. The van der Waals surface area contributed by atoms with Gasteiger partial charge in [-0.2, -0.15) is 0 Å². The molecule has 3 aromatic rings. The number of carboxylic acids is 1. The highest BCUT2D eigenvalue weighted by atomic mass is 16.4. The van der Waals surface area contributed by atoms with Crippen molar-refractivity contribution < 1.29 is 9.90 Å². The van der Waals surface area contributed by atoms with Gasteiger partial charge in [-0.3, -0.25) is 5.32 Å². The fourth-order valence-electron chi connectivity index (χ4n) is 5.77. The van der Waals surface area contributed by atoms with Gasteiger partial charge in [0.15, 0.2) is 5.54 Å². The Morgan fingerprint density at radius 3 is 1.46 bits per heavy atom. The molecule has 2 aliphatic rings. The molecule has 0 aliphatic heterocycles. The first-order valence-corrected chi connectivity index (χ1v) is 14.1. The van der Waals surface area contributed by atoms with E-state index in [9.17, 15) is 9.90 Å². The first kappa shape index (κ1) is 27.1. The van der Waals surface area contributed by atoms with Crippen molar-refractivity contribution in [1.82, 2.24) is 10.6 Å². The molecular formula is C33H42N2O2. The van der Waals surface area contributed by atoms with Gasteiger partial charge in [0.05, 0.1) is 0 Å². The molecule has 0 amide bonds. The average Bonchev–Trinajstić information content (AvgIpc) is 2.96. The molecule has 0 unspecified atom stereocenters. The molecule has 0 heterocycles. The molecule has 3 N–H and O–H groups in total. The number of carboxylic acid groups (broad SMARTS) is 1. The van der Waals surface area contributed by atoms with Gasteiger partial charge >= 0.3 is 5.97 Å². The van der Waals surface area contributed by atoms with Crippen LogP contribution in [0.4, 0.5) is 0 Å². The number of nitrogens with one attached hydrogen (secondary N) is 2. The largest absolute Gasteiger partial charge is 0.479 e. The van der Waals surface area contributed by atoms with Gasteiger partial charge in [-0.05, 0) is 42.4 Å². The highest BCUT2D eigenvalue weighted by Crippen LogP contribution is 2.30. The van der Waals surface area contributed by atoms with Crippen molar-refractivity contribution in [3.8, 4) is 0 Å². The normalized spacial score (nSPS) is 17.0. The van der Waals surface area contributed by atoms with Crippen molar-refractivity contribution >= 4 is 5.97 Å². The summed E-state index contributed by atoms with van der Waals surface area (Å²) in [4.78, 5) is 12.4. The molecule has 0 radical (unpaired) electrons. The minimum atomic E-state index is -1.29. The molecule has 3 aromatic carbocycles. The lowest BCUT2D eigenvalue weighted by molar-refractivity contribution is -0.143. The van der Waals surface area contributed by atoms with Crippen molar-refractivity contribution in [2.75, 3.05) is 0 Å². The molecule has 2 aliphatic carbocycles. The standard InChI is InChI=1S/C21H19NO2.C12H23N/c23-20(24)21(18-12-6-2-7-13-18,19-14-8-3-9-15-19)22-16-17-10-4-1-5-11-17;1-3-7-11(8-4-1)13-12-9-5-2-6-10-12/h1-15,22H,16H2,(H,23,24);11-13H,1-10H2. The summed E-state index contributed by atoms with van der Waals surface area (Å²) < 4.78 is 0. The van der Waals surface area contributed by atoms with E-state index in [0.717, 1.165) is 17.6 Å². The number of benzene rings is 3. The summed E-state index contributed by atoms with van der Waals surface area (Å²) in [5.41, 5.74) is 1.16. The van der Waals surface area contributed by atoms with E-state index in [1.807, 2.05) is 91.0 Å². The zero-order chi connectivity index (χ0) is 25.8. The van der Waals surface area contributed by atoms with Crippen molar-refractivity contribution in [2.45, 2.75) is 88.4 Å². The van der Waals surface area contributed by atoms with Gasteiger partial charge < -0.3 is 10.4 Å². The van der Waals surface area contributed by atoms with Crippen LogP contribution in [0.3, 0.4) is 0 Å². The van der Waals surface area contributed by atoms with E-state index in [0.29, 0.717) is 17.7 Å². The van der Waals surface area contributed by atoms with Crippen LogP contribution < -0.4 is 10.6 Å². The topological polar surface area (TPSA) is 61.4 Å². The predicted octanol–water partition coefficient (Wildman–Crippen LogP) is 7.05. The number of hydrogen-bond donors (Lipinski definition) is 3. The maximum atomic E-state index is 12.4. The highest BCUT2D eigenvalue weighted by molar-refractivity contribution is 5.85. The van der Waals surface area contributed by atoms with Crippen LogP contribution in [0, 0.1) is 0 Å². The summed E-state index contributed by atoms with van der Waals surface area (Å²) in [5.74, 6) is -0.921. The van der Waals surface area contributed by atoms with Gasteiger partial charge in [0.2, 0.25) is 0 Å². The molecule has 196 valence electrons. The SMILES string of the molecule is C1CCC(NC2CCCCC2)CC1.O=C(O)C(NCc1ccccc1)(c1ccccc1)c1ccccc1. The van der Waals surface area contributed by atoms with Crippen LogP contribution in [0.2, 0.25) is 0 Å². The van der Waals surface area contributed by atoms with Gasteiger partial charge in [-0.25, -0.2) is 4.79 Å². The van der Waals surface area contributed by atoms with E-state index in [4.69, 9.17) is 0 Å². The molecule has 2 saturated carbocycles. The highest BCUT2D eigenvalue weighted by Gasteiger charge is 2.41. The van der Waals surface area contributed by atoms with Gasteiger partial charge in [0, 0.05) is 18.6 Å². The van der Waals surface area contributed by atoms with Gasteiger partial charge in [-0.1, -0.05) is 130 Å². The van der Waals surface area contributed by atoms with E-state index < -0.39 is 11.5 Å². The van der Waals surface area contributed by atoms with Gasteiger partial charge in [-0.15, -0.1) is 0 Å². The average molecular weight is 499 g/mol. The summed E-state index contributed by atoms with van der Waals surface area (Å²) >= 11 is 0.